The summed E-state index contributed by atoms with van der Waals surface area (Å²) in [5, 5.41) is 0. The maximum atomic E-state index is 12.7. The van der Waals surface area contributed by atoms with E-state index in [1.807, 2.05) is 6.92 Å². The molecule has 2 rings (SSSR count). The molecule has 0 saturated heterocycles. The first-order valence-corrected chi connectivity index (χ1v) is 6.87. The number of alkyl halides is 3. The smallest absolute Gasteiger partial charge is 0.221 e. The fourth-order valence-corrected chi connectivity index (χ4v) is 3.16. The van der Waals surface area contributed by atoms with Gasteiger partial charge in [-0.2, -0.15) is 21.9 Å². The molecule has 1 heterocycles. The van der Waals surface area contributed by atoms with E-state index in [4.69, 9.17) is 0 Å². The van der Waals surface area contributed by atoms with E-state index in [1.54, 1.807) is 12.1 Å². The predicted octanol–water partition coefficient (Wildman–Crippen LogP) is 3.66. The summed E-state index contributed by atoms with van der Waals surface area (Å²) in [7, 11) is -3.44. The standard InChI is InChI=1S/C12H11F3N2OS/c1-8-3-5-10(6-4-8)19(18)16-9(2)7-11(17-19)12(13,14)15/h3-7H,1-2H3. The van der Waals surface area contributed by atoms with E-state index in [1.165, 1.54) is 19.1 Å². The molecule has 1 aromatic carbocycles. The molecule has 3 nitrogen and oxygen atoms in total. The zero-order valence-electron chi connectivity index (χ0n) is 10.2. The Labute approximate surface area is 109 Å². The largest absolute Gasteiger partial charge is 0.434 e. The van der Waals surface area contributed by atoms with Gasteiger partial charge in [-0.15, -0.1) is 0 Å². The molecule has 1 aliphatic rings. The van der Waals surface area contributed by atoms with Crippen LogP contribution in [-0.2, 0) is 9.92 Å². The molecule has 7 heteroatoms. The number of benzene rings is 1. The van der Waals surface area contributed by atoms with E-state index in [9.17, 15) is 17.4 Å². The van der Waals surface area contributed by atoms with Crippen molar-refractivity contribution in [3.05, 3.63) is 41.6 Å². The summed E-state index contributed by atoms with van der Waals surface area (Å²) in [6, 6.07) is 6.29. The van der Waals surface area contributed by atoms with Gasteiger partial charge in [0.25, 0.3) is 0 Å². The average Bonchev–Trinajstić information content (AvgIpc) is 2.27. The lowest BCUT2D eigenvalue weighted by atomic mass is 10.2. The van der Waals surface area contributed by atoms with Crippen LogP contribution in [0.5, 0.6) is 0 Å². The van der Waals surface area contributed by atoms with Gasteiger partial charge in [0.05, 0.1) is 10.6 Å². The van der Waals surface area contributed by atoms with Crippen molar-refractivity contribution in [2.45, 2.75) is 24.9 Å². The third-order valence-corrected chi connectivity index (χ3v) is 4.32. The Hall–Kier alpha value is -1.63. The molecular weight excluding hydrogens is 277 g/mol. The van der Waals surface area contributed by atoms with Gasteiger partial charge in [0.1, 0.15) is 0 Å². The fourth-order valence-electron chi connectivity index (χ4n) is 1.55. The summed E-state index contributed by atoms with van der Waals surface area (Å²) in [4.78, 5) is 0.173. The molecule has 0 aromatic heterocycles. The summed E-state index contributed by atoms with van der Waals surface area (Å²) in [5.41, 5.74) is -0.201. The number of allylic oxidation sites excluding steroid dienone is 2. The lowest BCUT2D eigenvalue weighted by Crippen LogP contribution is -2.24. The van der Waals surface area contributed by atoms with Crippen LogP contribution in [0.3, 0.4) is 0 Å². The van der Waals surface area contributed by atoms with E-state index in [0.29, 0.717) is 0 Å². The molecule has 0 aliphatic carbocycles. The summed E-state index contributed by atoms with van der Waals surface area (Å²) < 4.78 is 57.7. The number of hydrogen-bond acceptors (Lipinski definition) is 2. The first-order chi connectivity index (χ1) is 8.71. The van der Waals surface area contributed by atoms with Crippen LogP contribution in [0.15, 0.2) is 49.7 Å². The van der Waals surface area contributed by atoms with Crippen molar-refractivity contribution < 1.29 is 17.4 Å². The highest BCUT2D eigenvalue weighted by Gasteiger charge is 2.37. The normalized spacial score (nSPS) is 23.4. The van der Waals surface area contributed by atoms with E-state index in [2.05, 4.69) is 8.76 Å². The summed E-state index contributed by atoms with van der Waals surface area (Å²) in [5.74, 6) is 0. The monoisotopic (exact) mass is 288 g/mol. The second-order valence-corrected chi connectivity index (χ2v) is 5.99. The first kappa shape index (κ1) is 13.8. The predicted molar refractivity (Wildman–Crippen MR) is 67.3 cm³/mol. The number of nitrogens with zero attached hydrogens (tertiary/aromatic N) is 2. The van der Waals surface area contributed by atoms with Gasteiger partial charge in [0.15, 0.2) is 15.6 Å². The number of hydrogen-bond donors (Lipinski definition) is 0. The molecule has 1 aromatic rings. The zero-order valence-corrected chi connectivity index (χ0v) is 11.0. The Kier molecular flexibility index (Phi) is 3.25. The highest BCUT2D eigenvalue weighted by Crippen LogP contribution is 2.28. The number of aryl methyl sites for hydroxylation is 1. The molecule has 1 atom stereocenters. The topological polar surface area (TPSA) is 41.8 Å². The van der Waals surface area contributed by atoms with Crippen molar-refractivity contribution in [1.29, 1.82) is 0 Å². The van der Waals surface area contributed by atoms with Crippen LogP contribution < -0.4 is 0 Å². The van der Waals surface area contributed by atoms with Gasteiger partial charge < -0.3 is 0 Å². The van der Waals surface area contributed by atoms with Gasteiger partial charge >= 0.3 is 6.18 Å². The fraction of sp³-hybridized carbons (Fsp3) is 0.250. The highest BCUT2D eigenvalue weighted by atomic mass is 32.2. The van der Waals surface area contributed by atoms with E-state index in [0.717, 1.165) is 11.6 Å². The first-order valence-electron chi connectivity index (χ1n) is 5.40. The highest BCUT2D eigenvalue weighted by molar-refractivity contribution is 7.92. The van der Waals surface area contributed by atoms with Crippen LogP contribution in [0, 0.1) is 6.92 Å². The molecule has 1 unspecified atom stereocenters. The van der Waals surface area contributed by atoms with Crippen LogP contribution in [0.4, 0.5) is 13.2 Å². The Morgan fingerprint density at radius 3 is 2.21 bits per heavy atom. The van der Waals surface area contributed by atoms with Crippen LogP contribution in [0.25, 0.3) is 0 Å². The summed E-state index contributed by atoms with van der Waals surface area (Å²) >= 11 is 0. The van der Waals surface area contributed by atoms with Crippen LogP contribution >= 0.6 is 0 Å². The van der Waals surface area contributed by atoms with Crippen LogP contribution in [0.2, 0.25) is 0 Å². The minimum absolute atomic E-state index is 0.0490. The van der Waals surface area contributed by atoms with Gasteiger partial charge in [-0.05, 0) is 32.1 Å². The molecule has 0 fully saturated rings. The average molecular weight is 288 g/mol. The van der Waals surface area contributed by atoms with Crippen molar-refractivity contribution >= 4 is 15.6 Å². The van der Waals surface area contributed by atoms with Crippen molar-refractivity contribution in [3.8, 4) is 0 Å². The van der Waals surface area contributed by atoms with Gasteiger partial charge in [-0.3, -0.25) is 0 Å². The minimum atomic E-state index is -4.63. The van der Waals surface area contributed by atoms with Gasteiger partial charge in [-0.25, -0.2) is 4.21 Å². The molecular formula is C12H11F3N2OS. The second-order valence-electron chi connectivity index (χ2n) is 4.16. The Bertz CT molecular complexity index is 678. The SMILES string of the molecule is CC1=CC(C(F)(F)F)=NS(=O)(c2ccc(C)cc2)=N1. The molecule has 0 saturated carbocycles. The van der Waals surface area contributed by atoms with Crippen molar-refractivity contribution in [2.75, 3.05) is 0 Å². The molecule has 0 spiro atoms. The molecule has 1 aliphatic heterocycles. The maximum Gasteiger partial charge on any atom is 0.434 e. The van der Waals surface area contributed by atoms with Crippen LogP contribution in [0.1, 0.15) is 12.5 Å². The lowest BCUT2D eigenvalue weighted by Gasteiger charge is -2.14. The Morgan fingerprint density at radius 2 is 1.68 bits per heavy atom. The Balaban J connectivity index is 2.62. The quantitative estimate of drug-likeness (QED) is 0.777. The van der Waals surface area contributed by atoms with Gasteiger partial charge in [-0.1, -0.05) is 17.7 Å². The Morgan fingerprint density at radius 1 is 1.11 bits per heavy atom. The zero-order chi connectivity index (χ0) is 14.3. The molecule has 0 radical (unpaired) electrons. The third-order valence-electron chi connectivity index (χ3n) is 2.45. The molecule has 0 amide bonds. The number of rotatable bonds is 1. The summed E-state index contributed by atoms with van der Waals surface area (Å²) in [6.07, 6.45) is -3.85. The van der Waals surface area contributed by atoms with E-state index >= 15 is 0 Å². The number of halogens is 3. The minimum Gasteiger partial charge on any atom is -0.221 e. The third kappa shape index (κ3) is 2.86. The summed E-state index contributed by atoms with van der Waals surface area (Å²) in [6.45, 7) is 3.19. The maximum absolute atomic E-state index is 12.7. The molecule has 0 bridgehead atoms. The van der Waals surface area contributed by atoms with E-state index in [-0.39, 0.29) is 10.6 Å². The van der Waals surface area contributed by atoms with Crippen molar-refractivity contribution in [3.63, 3.8) is 0 Å². The molecule has 0 N–H and O–H groups in total. The van der Waals surface area contributed by atoms with Crippen molar-refractivity contribution in [2.24, 2.45) is 8.76 Å². The van der Waals surface area contributed by atoms with Crippen LogP contribution in [-0.4, -0.2) is 16.1 Å². The molecule has 102 valence electrons. The van der Waals surface area contributed by atoms with E-state index < -0.39 is 21.8 Å². The lowest BCUT2D eigenvalue weighted by molar-refractivity contribution is -0.0575. The van der Waals surface area contributed by atoms with Gasteiger partial charge in [0, 0.05) is 0 Å². The second kappa shape index (κ2) is 4.48. The van der Waals surface area contributed by atoms with Crippen molar-refractivity contribution in [1.82, 2.24) is 0 Å². The molecule has 19 heavy (non-hydrogen) atoms. The van der Waals surface area contributed by atoms with Gasteiger partial charge in [0.2, 0.25) is 0 Å².